The van der Waals surface area contributed by atoms with Gasteiger partial charge in [-0.15, -0.1) is 0 Å². The fourth-order valence-corrected chi connectivity index (χ4v) is 3.37. The van der Waals surface area contributed by atoms with E-state index in [2.05, 4.69) is 15.9 Å². The Kier molecular flexibility index (Phi) is 7.46. The maximum Gasteiger partial charge on any atom is 0.322 e. The molecule has 0 aliphatic rings. The van der Waals surface area contributed by atoms with Crippen LogP contribution in [0.3, 0.4) is 0 Å². The first-order valence-corrected chi connectivity index (χ1v) is 8.93. The van der Waals surface area contributed by atoms with Gasteiger partial charge in [0.05, 0.1) is 19.1 Å². The van der Waals surface area contributed by atoms with Gasteiger partial charge in [0.1, 0.15) is 4.32 Å². The van der Waals surface area contributed by atoms with Crippen LogP contribution in [0.15, 0.2) is 30.3 Å². The van der Waals surface area contributed by atoms with Crippen LogP contribution >= 0.6 is 15.9 Å². The van der Waals surface area contributed by atoms with Crippen LogP contribution in [-0.4, -0.2) is 30.0 Å². The van der Waals surface area contributed by atoms with E-state index in [4.69, 9.17) is 9.47 Å². The van der Waals surface area contributed by atoms with Gasteiger partial charge in [0.25, 0.3) is 0 Å². The third-order valence-corrected chi connectivity index (χ3v) is 4.74. The number of benzene rings is 1. The highest BCUT2D eigenvalue weighted by Crippen LogP contribution is 2.40. The Hall–Kier alpha value is -1.36. The third kappa shape index (κ3) is 5.62. The topological polar surface area (TPSA) is 52.6 Å². The molecule has 0 heterocycles. The third-order valence-electron chi connectivity index (χ3n) is 4.10. The highest BCUT2D eigenvalue weighted by molar-refractivity contribution is 9.10. The van der Waals surface area contributed by atoms with Crippen molar-refractivity contribution >= 4 is 27.9 Å². The second-order valence-electron chi connectivity index (χ2n) is 6.81. The predicted molar refractivity (Wildman–Crippen MR) is 98.2 cm³/mol. The summed E-state index contributed by atoms with van der Waals surface area (Å²) >= 11 is 3.49. The van der Waals surface area contributed by atoms with Crippen LogP contribution in [0.5, 0.6) is 0 Å². The van der Waals surface area contributed by atoms with Crippen LogP contribution < -0.4 is 0 Å². The molecule has 0 amide bonds. The molecule has 0 aliphatic heterocycles. The summed E-state index contributed by atoms with van der Waals surface area (Å²) in [6.07, 6.45) is 1.10. The number of hydrogen-bond acceptors (Lipinski definition) is 4. The first-order chi connectivity index (χ1) is 11.1. The Morgan fingerprint density at radius 1 is 1.08 bits per heavy atom. The van der Waals surface area contributed by atoms with Crippen molar-refractivity contribution in [3.63, 3.8) is 0 Å². The normalized spacial score (nSPS) is 15.2. The lowest BCUT2D eigenvalue weighted by Gasteiger charge is -2.31. The van der Waals surface area contributed by atoms with Crippen molar-refractivity contribution in [1.82, 2.24) is 0 Å². The van der Waals surface area contributed by atoms with E-state index < -0.39 is 9.74 Å². The number of hydrogen-bond donors (Lipinski definition) is 0. The van der Waals surface area contributed by atoms with Gasteiger partial charge in [0.2, 0.25) is 0 Å². The molecule has 0 saturated carbocycles. The van der Waals surface area contributed by atoms with Gasteiger partial charge in [-0.25, -0.2) is 0 Å². The van der Waals surface area contributed by atoms with E-state index in [9.17, 15) is 9.59 Å². The van der Waals surface area contributed by atoms with E-state index >= 15 is 0 Å². The quantitative estimate of drug-likeness (QED) is 0.478. The molecule has 0 fully saturated rings. The van der Waals surface area contributed by atoms with Crippen LogP contribution in [-0.2, 0) is 19.1 Å². The fourth-order valence-electron chi connectivity index (χ4n) is 2.82. The minimum atomic E-state index is -0.813. The van der Waals surface area contributed by atoms with E-state index in [1.807, 2.05) is 44.2 Å². The van der Waals surface area contributed by atoms with Crippen molar-refractivity contribution in [3.8, 4) is 0 Å². The average molecular weight is 399 g/mol. The smallest absolute Gasteiger partial charge is 0.322 e. The summed E-state index contributed by atoms with van der Waals surface area (Å²) in [6, 6.07) is 9.91. The van der Waals surface area contributed by atoms with Gasteiger partial charge in [-0.2, -0.15) is 0 Å². The van der Waals surface area contributed by atoms with Gasteiger partial charge in [-0.05, 0) is 52.0 Å². The van der Waals surface area contributed by atoms with Crippen molar-refractivity contribution in [1.29, 1.82) is 0 Å². The second kappa shape index (κ2) is 8.65. The van der Waals surface area contributed by atoms with E-state index in [-0.39, 0.29) is 17.9 Å². The lowest BCUT2D eigenvalue weighted by molar-refractivity contribution is -0.154. The first-order valence-electron chi connectivity index (χ1n) is 8.13. The monoisotopic (exact) mass is 398 g/mol. The number of methoxy groups -OCH3 is 1. The zero-order valence-electron chi connectivity index (χ0n) is 15.1. The van der Waals surface area contributed by atoms with E-state index in [0.29, 0.717) is 19.4 Å². The minimum absolute atomic E-state index is 0.00841. The molecule has 1 aromatic rings. The van der Waals surface area contributed by atoms with E-state index in [0.717, 1.165) is 5.56 Å². The molecule has 0 saturated heterocycles. The lowest BCUT2D eigenvalue weighted by Crippen LogP contribution is -2.34. The molecular formula is C19H27BrO4. The van der Waals surface area contributed by atoms with Crippen LogP contribution in [0.2, 0.25) is 0 Å². The summed E-state index contributed by atoms with van der Waals surface area (Å²) in [6.45, 7) is 7.72. The van der Waals surface area contributed by atoms with Crippen LogP contribution in [0.1, 0.15) is 52.0 Å². The first kappa shape index (κ1) is 20.7. The number of halogens is 1. The Bertz CT molecular complexity index is 552. The number of ether oxygens (including phenoxy) is 2. The predicted octanol–water partition coefficient (Wildman–Crippen LogP) is 4.47. The maximum absolute atomic E-state index is 12.3. The summed E-state index contributed by atoms with van der Waals surface area (Å²) in [5.41, 5.74) is 0.444. The molecule has 2 atom stereocenters. The Morgan fingerprint density at radius 3 is 2.17 bits per heavy atom. The molecule has 134 valence electrons. The minimum Gasteiger partial charge on any atom is -0.468 e. The maximum atomic E-state index is 12.3. The van der Waals surface area contributed by atoms with Crippen molar-refractivity contribution in [2.75, 3.05) is 13.7 Å². The molecular weight excluding hydrogens is 372 g/mol. The molecule has 5 heteroatoms. The SMILES string of the molecule is CCOC(=O)C(C)(C)CC(CC(C)(Br)C(=O)OC)c1ccccc1. The van der Waals surface area contributed by atoms with Crippen molar-refractivity contribution in [2.24, 2.45) is 5.41 Å². The molecule has 24 heavy (non-hydrogen) atoms. The van der Waals surface area contributed by atoms with Gasteiger partial charge >= 0.3 is 11.9 Å². The van der Waals surface area contributed by atoms with E-state index in [1.165, 1.54) is 7.11 Å². The molecule has 0 aromatic heterocycles. The molecule has 1 aromatic carbocycles. The highest BCUT2D eigenvalue weighted by atomic mass is 79.9. The van der Waals surface area contributed by atoms with Gasteiger partial charge in [-0.3, -0.25) is 9.59 Å². The van der Waals surface area contributed by atoms with Gasteiger partial charge < -0.3 is 9.47 Å². The molecule has 0 aliphatic carbocycles. The lowest BCUT2D eigenvalue weighted by atomic mass is 9.76. The standard InChI is InChI=1S/C19H27BrO4/c1-6-24-16(21)18(2,3)12-15(14-10-8-7-9-11-14)13-19(4,20)17(22)23-5/h7-11,15H,6,12-13H2,1-5H3. The van der Waals surface area contributed by atoms with Gasteiger partial charge in [0, 0.05) is 0 Å². The Morgan fingerprint density at radius 2 is 1.67 bits per heavy atom. The number of carbonyl (C=O) groups excluding carboxylic acids is 2. The number of carbonyl (C=O) groups is 2. The summed E-state index contributed by atoms with van der Waals surface area (Å²) in [4.78, 5) is 24.3. The van der Waals surface area contributed by atoms with Gasteiger partial charge in [-0.1, -0.05) is 46.3 Å². The zero-order chi connectivity index (χ0) is 18.4. The molecule has 4 nitrogen and oxygen atoms in total. The Balaban J connectivity index is 3.07. The molecule has 0 bridgehead atoms. The molecule has 0 spiro atoms. The van der Waals surface area contributed by atoms with Crippen LogP contribution in [0.4, 0.5) is 0 Å². The average Bonchev–Trinajstić information content (AvgIpc) is 2.54. The number of alkyl halides is 1. The van der Waals surface area contributed by atoms with Crippen molar-refractivity contribution in [2.45, 2.75) is 50.8 Å². The fraction of sp³-hybridized carbons (Fsp3) is 0.579. The van der Waals surface area contributed by atoms with Crippen LogP contribution in [0, 0.1) is 5.41 Å². The summed E-state index contributed by atoms with van der Waals surface area (Å²) in [7, 11) is 1.38. The number of esters is 2. The summed E-state index contributed by atoms with van der Waals surface area (Å²) in [5.74, 6) is -0.535. The van der Waals surface area contributed by atoms with Crippen molar-refractivity contribution < 1.29 is 19.1 Å². The summed E-state index contributed by atoms with van der Waals surface area (Å²) in [5, 5.41) is 0. The second-order valence-corrected chi connectivity index (χ2v) is 8.56. The van der Waals surface area contributed by atoms with E-state index in [1.54, 1.807) is 13.8 Å². The zero-order valence-corrected chi connectivity index (χ0v) is 16.7. The number of rotatable bonds is 8. The largest absolute Gasteiger partial charge is 0.468 e. The molecule has 0 N–H and O–H groups in total. The molecule has 1 rings (SSSR count). The highest BCUT2D eigenvalue weighted by Gasteiger charge is 2.39. The Labute approximate surface area is 153 Å². The van der Waals surface area contributed by atoms with Crippen molar-refractivity contribution in [3.05, 3.63) is 35.9 Å². The van der Waals surface area contributed by atoms with Crippen LogP contribution in [0.25, 0.3) is 0 Å². The molecule has 0 radical (unpaired) electrons. The summed E-state index contributed by atoms with van der Waals surface area (Å²) < 4.78 is 9.28. The molecule has 2 unspecified atom stereocenters. The van der Waals surface area contributed by atoms with Gasteiger partial charge in [0.15, 0.2) is 0 Å².